The zero-order valence-corrected chi connectivity index (χ0v) is 16.6. The number of imide groups is 1. The topological polar surface area (TPSA) is 75.7 Å². The van der Waals surface area contributed by atoms with E-state index in [0.717, 1.165) is 19.3 Å². The fraction of sp³-hybridized carbons (Fsp3) is 0.348. The molecule has 0 unspecified atom stereocenters. The highest BCUT2D eigenvalue weighted by atomic mass is 16.5. The van der Waals surface area contributed by atoms with E-state index in [1.54, 1.807) is 19.2 Å². The van der Waals surface area contributed by atoms with Crippen LogP contribution in [0.2, 0.25) is 0 Å². The Morgan fingerprint density at radius 1 is 0.966 bits per heavy atom. The molecule has 0 saturated carbocycles. The molecule has 152 valence electrons. The second kappa shape index (κ2) is 9.98. The van der Waals surface area contributed by atoms with E-state index in [-0.39, 0.29) is 17.7 Å². The molecule has 3 rings (SSSR count). The number of unbranched alkanes of at least 4 members (excludes halogenated alkanes) is 1. The van der Waals surface area contributed by atoms with Crippen molar-refractivity contribution in [3.05, 3.63) is 70.8 Å². The minimum atomic E-state index is -0.349. The largest absolute Gasteiger partial charge is 0.385 e. The van der Waals surface area contributed by atoms with Crippen LogP contribution in [-0.2, 0) is 11.2 Å². The summed E-state index contributed by atoms with van der Waals surface area (Å²) in [6.07, 6.45) is 3.41. The van der Waals surface area contributed by atoms with Gasteiger partial charge in [0.05, 0.1) is 11.1 Å². The smallest absolute Gasteiger partial charge is 0.261 e. The van der Waals surface area contributed by atoms with Gasteiger partial charge in [-0.3, -0.25) is 19.3 Å². The molecule has 1 aliphatic heterocycles. The number of methoxy groups -OCH3 is 1. The standard InChI is InChI=1S/C23H26N2O4/c1-29-15-7-14-25-22(27)19-12-11-18(16-20(19)23(25)28)21(26)24-13-6-5-10-17-8-3-2-4-9-17/h2-4,8-9,11-12,16H,5-7,10,13-15H2,1H3,(H,24,26). The third-order valence-electron chi connectivity index (χ3n) is 4.98. The molecule has 2 aromatic carbocycles. The van der Waals surface area contributed by atoms with Crippen LogP contribution in [0.25, 0.3) is 0 Å². The van der Waals surface area contributed by atoms with Crippen molar-refractivity contribution in [2.75, 3.05) is 26.8 Å². The van der Waals surface area contributed by atoms with Gasteiger partial charge in [0.25, 0.3) is 17.7 Å². The lowest BCUT2D eigenvalue weighted by atomic mass is 10.1. The minimum Gasteiger partial charge on any atom is -0.385 e. The van der Waals surface area contributed by atoms with Crippen molar-refractivity contribution in [2.24, 2.45) is 0 Å². The van der Waals surface area contributed by atoms with E-state index < -0.39 is 0 Å². The average Bonchev–Trinajstić information content (AvgIpc) is 2.98. The molecule has 0 fully saturated rings. The first-order valence-electron chi connectivity index (χ1n) is 9.93. The van der Waals surface area contributed by atoms with Crippen molar-refractivity contribution in [2.45, 2.75) is 25.7 Å². The molecule has 1 heterocycles. The van der Waals surface area contributed by atoms with Crippen molar-refractivity contribution < 1.29 is 19.1 Å². The lowest BCUT2D eigenvalue weighted by Gasteiger charge is -2.12. The zero-order valence-electron chi connectivity index (χ0n) is 16.6. The number of amides is 3. The summed E-state index contributed by atoms with van der Waals surface area (Å²) in [5.74, 6) is -0.891. The Kier molecular flexibility index (Phi) is 7.14. The quantitative estimate of drug-likeness (QED) is 0.496. The number of carbonyl (C=O) groups is 3. The highest BCUT2D eigenvalue weighted by molar-refractivity contribution is 6.22. The summed E-state index contributed by atoms with van der Waals surface area (Å²) in [7, 11) is 1.58. The maximum absolute atomic E-state index is 12.5. The van der Waals surface area contributed by atoms with E-state index in [0.29, 0.717) is 42.8 Å². The summed E-state index contributed by atoms with van der Waals surface area (Å²) in [4.78, 5) is 38.6. The van der Waals surface area contributed by atoms with Gasteiger partial charge in [-0.15, -0.1) is 0 Å². The Morgan fingerprint density at radius 3 is 2.48 bits per heavy atom. The highest BCUT2D eigenvalue weighted by Crippen LogP contribution is 2.24. The van der Waals surface area contributed by atoms with Gasteiger partial charge < -0.3 is 10.1 Å². The fourth-order valence-corrected chi connectivity index (χ4v) is 3.40. The monoisotopic (exact) mass is 394 g/mol. The van der Waals surface area contributed by atoms with Gasteiger partial charge in [-0.1, -0.05) is 30.3 Å². The second-order valence-corrected chi connectivity index (χ2v) is 7.07. The number of aryl methyl sites for hydroxylation is 1. The minimum absolute atomic E-state index is 0.231. The Labute approximate surface area is 170 Å². The zero-order chi connectivity index (χ0) is 20.6. The SMILES string of the molecule is COCCCN1C(=O)c2ccc(C(=O)NCCCCc3ccccc3)cc2C1=O. The average molecular weight is 394 g/mol. The molecule has 1 aliphatic rings. The van der Waals surface area contributed by atoms with Crippen LogP contribution in [0.3, 0.4) is 0 Å². The van der Waals surface area contributed by atoms with Gasteiger partial charge in [0.1, 0.15) is 0 Å². The number of nitrogens with one attached hydrogen (secondary N) is 1. The van der Waals surface area contributed by atoms with Crippen LogP contribution in [0.4, 0.5) is 0 Å². The molecule has 0 atom stereocenters. The number of carbonyl (C=O) groups excluding carboxylic acids is 3. The van der Waals surface area contributed by atoms with Gasteiger partial charge in [0.15, 0.2) is 0 Å². The number of hydrogen-bond acceptors (Lipinski definition) is 4. The lowest BCUT2D eigenvalue weighted by Crippen LogP contribution is -2.31. The molecular formula is C23H26N2O4. The number of nitrogens with zero attached hydrogens (tertiary/aromatic N) is 1. The summed E-state index contributed by atoms with van der Waals surface area (Å²) in [5.41, 5.74) is 2.33. The molecule has 1 N–H and O–H groups in total. The predicted molar refractivity (Wildman–Crippen MR) is 110 cm³/mol. The number of rotatable bonds is 10. The molecular weight excluding hydrogens is 368 g/mol. The van der Waals surface area contributed by atoms with E-state index in [9.17, 15) is 14.4 Å². The van der Waals surface area contributed by atoms with Crippen LogP contribution in [0, 0.1) is 0 Å². The normalized spacial score (nSPS) is 12.9. The summed E-state index contributed by atoms with van der Waals surface area (Å²) in [6.45, 7) is 1.35. The van der Waals surface area contributed by atoms with E-state index in [1.165, 1.54) is 16.5 Å². The van der Waals surface area contributed by atoms with Crippen LogP contribution >= 0.6 is 0 Å². The van der Waals surface area contributed by atoms with Crippen LogP contribution < -0.4 is 5.32 Å². The maximum Gasteiger partial charge on any atom is 0.261 e. The van der Waals surface area contributed by atoms with Gasteiger partial charge in [-0.25, -0.2) is 0 Å². The molecule has 0 radical (unpaired) electrons. The van der Waals surface area contributed by atoms with Crippen LogP contribution in [-0.4, -0.2) is 49.4 Å². The molecule has 0 bridgehead atoms. The van der Waals surface area contributed by atoms with Crippen LogP contribution in [0.5, 0.6) is 0 Å². The lowest BCUT2D eigenvalue weighted by molar-refractivity contribution is 0.0638. The summed E-state index contributed by atoms with van der Waals surface area (Å²) < 4.78 is 4.98. The Hall–Kier alpha value is -2.99. The molecule has 0 saturated heterocycles. The number of benzene rings is 2. The first kappa shape index (κ1) is 20.7. The van der Waals surface area contributed by atoms with Crippen molar-refractivity contribution in [1.82, 2.24) is 10.2 Å². The van der Waals surface area contributed by atoms with Gasteiger partial charge >= 0.3 is 0 Å². The Bertz CT molecular complexity index is 880. The molecule has 6 nitrogen and oxygen atoms in total. The Balaban J connectivity index is 1.51. The van der Waals surface area contributed by atoms with E-state index in [4.69, 9.17) is 4.74 Å². The molecule has 29 heavy (non-hydrogen) atoms. The summed E-state index contributed by atoms with van der Waals surface area (Å²) in [6, 6.07) is 14.9. The van der Waals surface area contributed by atoms with E-state index in [1.807, 2.05) is 18.2 Å². The summed E-state index contributed by atoms with van der Waals surface area (Å²) in [5, 5.41) is 2.89. The van der Waals surface area contributed by atoms with Crippen molar-refractivity contribution in [3.63, 3.8) is 0 Å². The second-order valence-electron chi connectivity index (χ2n) is 7.07. The van der Waals surface area contributed by atoms with E-state index >= 15 is 0 Å². The maximum atomic E-state index is 12.5. The molecule has 0 aliphatic carbocycles. The Morgan fingerprint density at radius 2 is 1.72 bits per heavy atom. The number of fused-ring (bicyclic) bond motifs is 1. The van der Waals surface area contributed by atoms with Crippen LogP contribution in [0.1, 0.15) is 55.9 Å². The van der Waals surface area contributed by atoms with Gasteiger partial charge in [0, 0.05) is 32.4 Å². The predicted octanol–water partition coefficient (Wildman–Crippen LogP) is 3.07. The third kappa shape index (κ3) is 5.09. The van der Waals surface area contributed by atoms with Crippen molar-refractivity contribution in [3.8, 4) is 0 Å². The van der Waals surface area contributed by atoms with Gasteiger partial charge in [-0.05, 0) is 49.4 Å². The first-order valence-corrected chi connectivity index (χ1v) is 9.93. The van der Waals surface area contributed by atoms with Crippen molar-refractivity contribution in [1.29, 1.82) is 0 Å². The van der Waals surface area contributed by atoms with Crippen LogP contribution in [0.15, 0.2) is 48.5 Å². The molecule has 0 spiro atoms. The molecule has 2 aromatic rings. The number of hydrogen-bond donors (Lipinski definition) is 1. The number of ether oxygens (including phenoxy) is 1. The molecule has 3 amide bonds. The highest BCUT2D eigenvalue weighted by Gasteiger charge is 2.35. The van der Waals surface area contributed by atoms with E-state index in [2.05, 4.69) is 17.4 Å². The fourth-order valence-electron chi connectivity index (χ4n) is 3.40. The van der Waals surface area contributed by atoms with Gasteiger partial charge in [-0.2, -0.15) is 0 Å². The van der Waals surface area contributed by atoms with Gasteiger partial charge in [0.2, 0.25) is 0 Å². The summed E-state index contributed by atoms with van der Waals surface area (Å²) >= 11 is 0. The molecule has 6 heteroatoms. The third-order valence-corrected chi connectivity index (χ3v) is 4.98. The first-order chi connectivity index (χ1) is 14.1. The van der Waals surface area contributed by atoms with Crippen molar-refractivity contribution >= 4 is 17.7 Å². The molecule has 0 aromatic heterocycles.